The van der Waals surface area contributed by atoms with Gasteiger partial charge in [-0.15, -0.1) is 0 Å². The van der Waals surface area contributed by atoms with E-state index in [9.17, 15) is 4.39 Å². The first-order valence-electron chi connectivity index (χ1n) is 6.13. The van der Waals surface area contributed by atoms with Crippen LogP contribution in [0.25, 0.3) is 0 Å². The molecule has 3 N–H and O–H groups in total. The number of nitrogens with two attached hydrogens (primary N) is 1. The fourth-order valence-electron chi connectivity index (χ4n) is 2.41. The van der Waals surface area contributed by atoms with Crippen molar-refractivity contribution >= 4 is 11.8 Å². The lowest BCUT2D eigenvalue weighted by Crippen LogP contribution is -2.49. The Kier molecular flexibility index (Phi) is 4.61. The molecule has 1 saturated heterocycles. The Morgan fingerprint density at radius 3 is 3.00 bits per heavy atom. The zero-order valence-electron chi connectivity index (χ0n) is 10.8. The fraction of sp³-hybridized carbons (Fsp3) is 0.538. The van der Waals surface area contributed by atoms with Crippen LogP contribution >= 0.6 is 11.8 Å². The molecule has 0 radical (unpaired) electrons. The molecule has 2 rings (SSSR count). The number of halogens is 1. The normalized spacial score (nSPS) is 23.0. The first kappa shape index (κ1) is 13.8. The Morgan fingerprint density at radius 2 is 2.33 bits per heavy atom. The lowest BCUT2D eigenvalue weighted by atomic mass is 9.95. The highest BCUT2D eigenvalue weighted by Gasteiger charge is 2.29. The molecule has 1 aromatic rings. The number of benzene rings is 1. The van der Waals surface area contributed by atoms with E-state index in [1.165, 1.54) is 6.07 Å². The molecule has 100 valence electrons. The summed E-state index contributed by atoms with van der Waals surface area (Å²) in [5.74, 6) is 7.66. The van der Waals surface area contributed by atoms with Crippen LogP contribution in [0.15, 0.2) is 18.2 Å². The smallest absolute Gasteiger partial charge is 0.123 e. The average molecular weight is 269 g/mol. The van der Waals surface area contributed by atoms with Crippen molar-refractivity contribution in [3.63, 3.8) is 0 Å². The fourth-order valence-corrected chi connectivity index (χ4v) is 3.68. The van der Waals surface area contributed by atoms with Crippen molar-refractivity contribution in [3.8, 4) is 0 Å². The molecule has 0 spiro atoms. The van der Waals surface area contributed by atoms with Gasteiger partial charge in [-0.2, -0.15) is 11.8 Å². The molecule has 2 atom stereocenters. The number of nitrogens with one attached hydrogen (secondary N) is 1. The summed E-state index contributed by atoms with van der Waals surface area (Å²) < 4.78 is 13.4. The second-order valence-corrected chi connectivity index (χ2v) is 5.92. The molecule has 18 heavy (non-hydrogen) atoms. The summed E-state index contributed by atoms with van der Waals surface area (Å²) in [6.07, 6.45) is 0. The van der Waals surface area contributed by atoms with Gasteiger partial charge in [0.2, 0.25) is 0 Å². The number of likely N-dealkylation sites (N-methyl/N-ethyl adjacent to an activating group) is 1. The Balaban J connectivity index is 2.29. The van der Waals surface area contributed by atoms with E-state index in [-0.39, 0.29) is 11.9 Å². The van der Waals surface area contributed by atoms with Crippen molar-refractivity contribution in [1.29, 1.82) is 0 Å². The predicted octanol–water partition coefficient (Wildman–Crippen LogP) is 1.69. The van der Waals surface area contributed by atoms with Gasteiger partial charge in [0.1, 0.15) is 5.82 Å². The van der Waals surface area contributed by atoms with Gasteiger partial charge < -0.3 is 0 Å². The van der Waals surface area contributed by atoms with Crippen LogP contribution in [0.5, 0.6) is 0 Å². The van der Waals surface area contributed by atoms with Crippen LogP contribution in [-0.2, 0) is 0 Å². The van der Waals surface area contributed by atoms with E-state index in [2.05, 4.69) is 17.4 Å². The second-order valence-electron chi connectivity index (χ2n) is 4.77. The second kappa shape index (κ2) is 6.02. The quantitative estimate of drug-likeness (QED) is 0.647. The number of hydrogen-bond donors (Lipinski definition) is 2. The minimum absolute atomic E-state index is 0.0292. The van der Waals surface area contributed by atoms with Crippen LogP contribution in [0.1, 0.15) is 17.2 Å². The third-order valence-electron chi connectivity index (χ3n) is 3.58. The summed E-state index contributed by atoms with van der Waals surface area (Å²) in [6.45, 7) is 3.04. The van der Waals surface area contributed by atoms with E-state index in [1.54, 1.807) is 6.07 Å². The summed E-state index contributed by atoms with van der Waals surface area (Å²) in [5.41, 5.74) is 4.89. The first-order chi connectivity index (χ1) is 8.63. The Bertz CT molecular complexity index is 413. The van der Waals surface area contributed by atoms with E-state index in [4.69, 9.17) is 5.84 Å². The number of hydrogen-bond acceptors (Lipinski definition) is 4. The number of nitrogens with zero attached hydrogens (tertiary/aromatic N) is 1. The van der Waals surface area contributed by atoms with E-state index < -0.39 is 0 Å². The molecule has 1 aliphatic rings. The van der Waals surface area contributed by atoms with Gasteiger partial charge in [0.25, 0.3) is 0 Å². The largest absolute Gasteiger partial charge is 0.300 e. The van der Waals surface area contributed by atoms with E-state index in [1.807, 2.05) is 24.8 Å². The van der Waals surface area contributed by atoms with Gasteiger partial charge in [-0.25, -0.2) is 4.39 Å². The molecule has 5 heteroatoms. The minimum Gasteiger partial charge on any atom is -0.300 e. The van der Waals surface area contributed by atoms with Crippen molar-refractivity contribution in [2.75, 3.05) is 25.1 Å². The van der Waals surface area contributed by atoms with E-state index >= 15 is 0 Å². The molecule has 0 amide bonds. The molecule has 0 aromatic heterocycles. The molecule has 2 unspecified atom stereocenters. The summed E-state index contributed by atoms with van der Waals surface area (Å²) in [5, 5.41) is 0. The summed E-state index contributed by atoms with van der Waals surface area (Å²) in [7, 11) is 2.10. The molecular formula is C13H20FN3S. The van der Waals surface area contributed by atoms with E-state index in [0.29, 0.717) is 6.04 Å². The first-order valence-corrected chi connectivity index (χ1v) is 7.29. The average Bonchev–Trinajstić information content (AvgIpc) is 2.36. The maximum Gasteiger partial charge on any atom is 0.123 e. The van der Waals surface area contributed by atoms with Crippen LogP contribution < -0.4 is 11.3 Å². The molecular weight excluding hydrogens is 249 g/mol. The maximum atomic E-state index is 13.4. The topological polar surface area (TPSA) is 41.3 Å². The van der Waals surface area contributed by atoms with Crippen molar-refractivity contribution in [2.24, 2.45) is 5.84 Å². The number of hydrazine groups is 1. The minimum atomic E-state index is -0.207. The van der Waals surface area contributed by atoms with Crippen molar-refractivity contribution in [3.05, 3.63) is 35.1 Å². The standard InChI is InChI=1S/C13H20FN3S/c1-9-3-4-10(14)7-11(9)13(16-15)12-8-18-6-5-17(12)2/h3-4,7,12-13,16H,5-6,8,15H2,1-2H3. The molecule has 1 fully saturated rings. The Morgan fingerprint density at radius 1 is 1.56 bits per heavy atom. The van der Waals surface area contributed by atoms with Crippen LogP contribution in [0.3, 0.4) is 0 Å². The van der Waals surface area contributed by atoms with Crippen LogP contribution in [0.4, 0.5) is 4.39 Å². The number of rotatable bonds is 3. The van der Waals surface area contributed by atoms with Gasteiger partial charge in [-0.3, -0.25) is 16.2 Å². The van der Waals surface area contributed by atoms with Gasteiger partial charge in [-0.1, -0.05) is 6.07 Å². The molecule has 0 bridgehead atoms. The molecule has 3 nitrogen and oxygen atoms in total. The lowest BCUT2D eigenvalue weighted by molar-refractivity contribution is 0.216. The van der Waals surface area contributed by atoms with Crippen molar-refractivity contribution in [1.82, 2.24) is 10.3 Å². The van der Waals surface area contributed by atoms with Gasteiger partial charge in [0.05, 0.1) is 6.04 Å². The lowest BCUT2D eigenvalue weighted by Gasteiger charge is -2.38. The zero-order valence-corrected chi connectivity index (χ0v) is 11.6. The van der Waals surface area contributed by atoms with Gasteiger partial charge in [-0.05, 0) is 37.2 Å². The van der Waals surface area contributed by atoms with Gasteiger partial charge >= 0.3 is 0 Å². The third-order valence-corrected chi connectivity index (χ3v) is 4.63. The Hall–Kier alpha value is -0.620. The molecule has 1 aliphatic heterocycles. The van der Waals surface area contributed by atoms with E-state index in [0.717, 1.165) is 29.2 Å². The van der Waals surface area contributed by atoms with Crippen LogP contribution in [-0.4, -0.2) is 36.0 Å². The number of thioether (sulfide) groups is 1. The number of aryl methyl sites for hydroxylation is 1. The molecule has 0 aliphatic carbocycles. The summed E-state index contributed by atoms with van der Waals surface area (Å²) in [6, 6.07) is 5.16. The predicted molar refractivity (Wildman–Crippen MR) is 74.9 cm³/mol. The highest BCUT2D eigenvalue weighted by atomic mass is 32.2. The maximum absolute atomic E-state index is 13.4. The highest BCUT2D eigenvalue weighted by Crippen LogP contribution is 2.28. The van der Waals surface area contributed by atoms with Crippen molar-refractivity contribution < 1.29 is 4.39 Å². The van der Waals surface area contributed by atoms with Crippen LogP contribution in [0.2, 0.25) is 0 Å². The highest BCUT2D eigenvalue weighted by molar-refractivity contribution is 7.99. The monoisotopic (exact) mass is 269 g/mol. The third kappa shape index (κ3) is 2.85. The molecule has 1 heterocycles. The SMILES string of the molecule is Cc1ccc(F)cc1C(NN)C1CSCCN1C. The molecule has 1 aromatic carbocycles. The zero-order chi connectivity index (χ0) is 13.1. The van der Waals surface area contributed by atoms with Gasteiger partial charge in [0, 0.05) is 24.1 Å². The van der Waals surface area contributed by atoms with Crippen LogP contribution in [0, 0.1) is 12.7 Å². The molecule has 0 saturated carbocycles. The summed E-state index contributed by atoms with van der Waals surface area (Å²) >= 11 is 1.92. The summed E-state index contributed by atoms with van der Waals surface area (Å²) in [4.78, 5) is 2.30. The van der Waals surface area contributed by atoms with Crippen molar-refractivity contribution in [2.45, 2.75) is 19.0 Å². The Labute approximate surface area is 112 Å². The van der Waals surface area contributed by atoms with Gasteiger partial charge in [0.15, 0.2) is 0 Å².